The van der Waals surface area contributed by atoms with Gasteiger partial charge in [0.15, 0.2) is 0 Å². The third-order valence-corrected chi connectivity index (χ3v) is 3.91. The molecular formula is C13H19N3O. The van der Waals surface area contributed by atoms with E-state index in [-0.39, 0.29) is 11.8 Å². The van der Waals surface area contributed by atoms with Crippen LogP contribution in [0.5, 0.6) is 0 Å². The summed E-state index contributed by atoms with van der Waals surface area (Å²) >= 11 is 0. The molecule has 1 fully saturated rings. The van der Waals surface area contributed by atoms with Crippen LogP contribution in [-0.4, -0.2) is 15.9 Å². The van der Waals surface area contributed by atoms with Crippen molar-refractivity contribution in [1.29, 1.82) is 0 Å². The van der Waals surface area contributed by atoms with Crippen LogP contribution >= 0.6 is 0 Å². The monoisotopic (exact) mass is 233 g/mol. The number of hydrogen-bond acceptors (Lipinski definition) is 2. The van der Waals surface area contributed by atoms with E-state index in [9.17, 15) is 4.79 Å². The molecule has 0 saturated heterocycles. The van der Waals surface area contributed by atoms with E-state index in [2.05, 4.69) is 15.3 Å². The molecule has 17 heavy (non-hydrogen) atoms. The molecule has 4 heteroatoms. The van der Waals surface area contributed by atoms with Crippen LogP contribution in [0, 0.1) is 5.92 Å². The van der Waals surface area contributed by atoms with E-state index in [0.29, 0.717) is 6.54 Å². The fourth-order valence-electron chi connectivity index (χ4n) is 2.58. The van der Waals surface area contributed by atoms with Crippen molar-refractivity contribution in [3.63, 3.8) is 0 Å². The lowest BCUT2D eigenvalue weighted by Crippen LogP contribution is -2.34. The number of carbonyl (C=O) groups excluding carboxylic acids is 1. The molecule has 92 valence electrons. The molecule has 0 atom stereocenters. The second kappa shape index (κ2) is 4.51. The molecule has 1 amide bonds. The summed E-state index contributed by atoms with van der Waals surface area (Å²) in [5.74, 6) is 1.38. The average molecular weight is 233 g/mol. The summed E-state index contributed by atoms with van der Waals surface area (Å²) < 4.78 is 0. The summed E-state index contributed by atoms with van der Waals surface area (Å²) in [7, 11) is 0. The molecule has 0 radical (unpaired) electrons. The Bertz CT molecular complexity index is 397. The molecular weight excluding hydrogens is 214 g/mol. The van der Waals surface area contributed by atoms with E-state index in [1.807, 2.05) is 0 Å². The number of aromatic amines is 1. The summed E-state index contributed by atoms with van der Waals surface area (Å²) in [4.78, 5) is 19.6. The SMILES string of the molecule is O=C(NCc1nc2c([nH]1)CCCC2)C1CCC1. The summed E-state index contributed by atoms with van der Waals surface area (Å²) in [6.45, 7) is 0.558. The molecule has 2 aliphatic rings. The van der Waals surface area contributed by atoms with Crippen molar-refractivity contribution in [2.45, 2.75) is 51.5 Å². The zero-order valence-corrected chi connectivity index (χ0v) is 10.1. The number of nitrogens with zero attached hydrogens (tertiary/aromatic N) is 1. The van der Waals surface area contributed by atoms with Crippen LogP contribution in [0.15, 0.2) is 0 Å². The van der Waals surface area contributed by atoms with E-state index >= 15 is 0 Å². The summed E-state index contributed by atoms with van der Waals surface area (Å²) in [6, 6.07) is 0. The van der Waals surface area contributed by atoms with E-state index in [1.54, 1.807) is 0 Å². The largest absolute Gasteiger partial charge is 0.349 e. The van der Waals surface area contributed by atoms with E-state index in [0.717, 1.165) is 31.5 Å². The minimum Gasteiger partial charge on any atom is -0.349 e. The standard InChI is InChI=1S/C13H19N3O/c17-13(9-4-3-5-9)14-8-12-15-10-6-1-2-7-11(10)16-12/h9H,1-8H2,(H,14,17)(H,15,16). The number of aromatic nitrogens is 2. The van der Waals surface area contributed by atoms with Crippen molar-refractivity contribution < 1.29 is 4.79 Å². The number of imidazole rings is 1. The van der Waals surface area contributed by atoms with Gasteiger partial charge in [-0.3, -0.25) is 4.79 Å². The lowest BCUT2D eigenvalue weighted by Gasteiger charge is -2.23. The molecule has 3 rings (SSSR count). The topological polar surface area (TPSA) is 57.8 Å². The highest BCUT2D eigenvalue weighted by Gasteiger charge is 2.25. The Hall–Kier alpha value is -1.32. The number of amides is 1. The van der Waals surface area contributed by atoms with Gasteiger partial charge in [0.1, 0.15) is 5.82 Å². The lowest BCUT2D eigenvalue weighted by molar-refractivity contribution is -0.127. The van der Waals surface area contributed by atoms with Gasteiger partial charge in [-0.05, 0) is 38.5 Å². The minimum absolute atomic E-state index is 0.200. The fourth-order valence-corrected chi connectivity index (χ4v) is 2.58. The maximum Gasteiger partial charge on any atom is 0.223 e. The minimum atomic E-state index is 0.200. The summed E-state index contributed by atoms with van der Waals surface area (Å²) in [6.07, 6.45) is 8.00. The number of fused-ring (bicyclic) bond motifs is 1. The third kappa shape index (κ3) is 2.21. The van der Waals surface area contributed by atoms with Gasteiger partial charge in [-0.2, -0.15) is 0 Å². The highest BCUT2D eigenvalue weighted by molar-refractivity contribution is 5.79. The third-order valence-electron chi connectivity index (χ3n) is 3.91. The molecule has 0 bridgehead atoms. The Morgan fingerprint density at radius 3 is 2.82 bits per heavy atom. The van der Waals surface area contributed by atoms with Crippen molar-refractivity contribution >= 4 is 5.91 Å². The Labute approximate surface area is 101 Å². The summed E-state index contributed by atoms with van der Waals surface area (Å²) in [5, 5.41) is 2.98. The Balaban J connectivity index is 1.57. The fraction of sp³-hybridized carbons (Fsp3) is 0.692. The van der Waals surface area contributed by atoms with Crippen LogP contribution in [0.2, 0.25) is 0 Å². The van der Waals surface area contributed by atoms with Crippen molar-refractivity contribution in [1.82, 2.24) is 15.3 Å². The second-order valence-electron chi connectivity index (χ2n) is 5.16. The molecule has 1 saturated carbocycles. The van der Waals surface area contributed by atoms with Crippen molar-refractivity contribution in [3.8, 4) is 0 Å². The molecule has 0 aromatic carbocycles. The van der Waals surface area contributed by atoms with Gasteiger partial charge in [-0.1, -0.05) is 6.42 Å². The van der Waals surface area contributed by atoms with Gasteiger partial charge >= 0.3 is 0 Å². The number of rotatable bonds is 3. The van der Waals surface area contributed by atoms with Crippen LogP contribution in [0.25, 0.3) is 0 Å². The zero-order chi connectivity index (χ0) is 11.7. The van der Waals surface area contributed by atoms with Crippen molar-refractivity contribution in [2.75, 3.05) is 0 Å². The van der Waals surface area contributed by atoms with Gasteiger partial charge in [0.05, 0.1) is 12.2 Å². The van der Waals surface area contributed by atoms with E-state index in [1.165, 1.54) is 30.7 Å². The van der Waals surface area contributed by atoms with Crippen LogP contribution in [0.3, 0.4) is 0 Å². The van der Waals surface area contributed by atoms with Gasteiger partial charge in [0.2, 0.25) is 5.91 Å². The molecule has 0 unspecified atom stereocenters. The highest BCUT2D eigenvalue weighted by atomic mass is 16.1. The maximum absolute atomic E-state index is 11.7. The zero-order valence-electron chi connectivity index (χ0n) is 10.1. The first-order chi connectivity index (χ1) is 8.33. The van der Waals surface area contributed by atoms with E-state index < -0.39 is 0 Å². The van der Waals surface area contributed by atoms with Crippen LogP contribution < -0.4 is 5.32 Å². The van der Waals surface area contributed by atoms with Crippen LogP contribution in [-0.2, 0) is 24.2 Å². The molecule has 1 aromatic rings. The maximum atomic E-state index is 11.7. The van der Waals surface area contributed by atoms with Crippen molar-refractivity contribution in [2.24, 2.45) is 5.92 Å². The number of aryl methyl sites for hydroxylation is 2. The first-order valence-corrected chi connectivity index (χ1v) is 6.67. The van der Waals surface area contributed by atoms with Gasteiger partial charge in [0, 0.05) is 11.6 Å². The Morgan fingerprint density at radius 1 is 1.29 bits per heavy atom. The number of H-pyrrole nitrogens is 1. The van der Waals surface area contributed by atoms with Gasteiger partial charge in [-0.15, -0.1) is 0 Å². The number of nitrogens with one attached hydrogen (secondary N) is 2. The van der Waals surface area contributed by atoms with Crippen molar-refractivity contribution in [3.05, 3.63) is 17.2 Å². The molecule has 0 spiro atoms. The molecule has 1 heterocycles. The predicted molar refractivity (Wildman–Crippen MR) is 64.4 cm³/mol. The average Bonchev–Trinajstić information content (AvgIpc) is 2.66. The summed E-state index contributed by atoms with van der Waals surface area (Å²) in [5.41, 5.74) is 2.49. The van der Waals surface area contributed by atoms with Gasteiger partial charge in [0.25, 0.3) is 0 Å². The van der Waals surface area contributed by atoms with Gasteiger partial charge in [-0.25, -0.2) is 4.98 Å². The molecule has 4 nitrogen and oxygen atoms in total. The van der Waals surface area contributed by atoms with Crippen LogP contribution in [0.1, 0.15) is 49.3 Å². The quantitative estimate of drug-likeness (QED) is 0.835. The molecule has 1 aromatic heterocycles. The smallest absolute Gasteiger partial charge is 0.223 e. The Morgan fingerprint density at radius 2 is 2.12 bits per heavy atom. The van der Waals surface area contributed by atoms with Gasteiger partial charge < -0.3 is 10.3 Å². The second-order valence-corrected chi connectivity index (χ2v) is 5.16. The normalized spacial score (nSPS) is 19.5. The van der Waals surface area contributed by atoms with Crippen LogP contribution in [0.4, 0.5) is 0 Å². The molecule has 2 N–H and O–H groups in total. The molecule has 2 aliphatic carbocycles. The Kier molecular flexibility index (Phi) is 2.87. The first-order valence-electron chi connectivity index (χ1n) is 6.67. The lowest BCUT2D eigenvalue weighted by atomic mass is 9.85. The van der Waals surface area contributed by atoms with E-state index in [4.69, 9.17) is 0 Å². The first kappa shape index (κ1) is 10.8. The highest BCUT2D eigenvalue weighted by Crippen LogP contribution is 2.26. The number of carbonyl (C=O) groups is 1. The predicted octanol–water partition coefficient (Wildman–Crippen LogP) is 1.70. The number of hydrogen-bond donors (Lipinski definition) is 2. The molecule has 0 aliphatic heterocycles.